The monoisotopic (exact) mass is 356 g/mol. The molecular formula is C22H32N2O2. The van der Waals surface area contributed by atoms with E-state index in [1.165, 1.54) is 18.4 Å². The van der Waals surface area contributed by atoms with Crippen molar-refractivity contribution < 1.29 is 9.53 Å². The molecule has 2 atom stereocenters. The van der Waals surface area contributed by atoms with Crippen molar-refractivity contribution in [3.8, 4) is 5.75 Å². The molecular weight excluding hydrogens is 324 g/mol. The number of nitrogens with one attached hydrogen (secondary N) is 1. The van der Waals surface area contributed by atoms with Gasteiger partial charge in [-0.3, -0.25) is 9.69 Å². The van der Waals surface area contributed by atoms with E-state index in [0.717, 1.165) is 31.2 Å². The zero-order valence-corrected chi connectivity index (χ0v) is 16.5. The lowest BCUT2D eigenvalue weighted by molar-refractivity contribution is -0.161. The second kappa shape index (κ2) is 6.26. The van der Waals surface area contributed by atoms with Crippen molar-refractivity contribution in [2.45, 2.75) is 57.5 Å². The van der Waals surface area contributed by atoms with Crippen LogP contribution in [0.1, 0.15) is 45.6 Å². The van der Waals surface area contributed by atoms with E-state index >= 15 is 0 Å². The van der Waals surface area contributed by atoms with Crippen molar-refractivity contribution in [2.75, 3.05) is 20.2 Å². The molecule has 3 saturated heterocycles. The van der Waals surface area contributed by atoms with Gasteiger partial charge in [0.2, 0.25) is 5.91 Å². The highest BCUT2D eigenvalue weighted by Crippen LogP contribution is 2.55. The smallest absolute Gasteiger partial charge is 0.220 e. The summed E-state index contributed by atoms with van der Waals surface area (Å²) in [5, 5.41) is 3.47. The highest BCUT2D eigenvalue weighted by Gasteiger charge is 2.60. The van der Waals surface area contributed by atoms with Crippen LogP contribution in [-0.2, 0) is 11.2 Å². The molecule has 4 bridgehead atoms. The third-order valence-electron chi connectivity index (χ3n) is 7.74. The average molecular weight is 357 g/mol. The van der Waals surface area contributed by atoms with Crippen LogP contribution in [0.3, 0.4) is 0 Å². The van der Waals surface area contributed by atoms with Gasteiger partial charge < -0.3 is 10.1 Å². The van der Waals surface area contributed by atoms with E-state index < -0.39 is 0 Å². The summed E-state index contributed by atoms with van der Waals surface area (Å²) < 4.78 is 5.19. The summed E-state index contributed by atoms with van der Waals surface area (Å²) in [6.07, 6.45) is 3.85. The lowest BCUT2D eigenvalue weighted by Gasteiger charge is -2.67. The number of benzene rings is 1. The van der Waals surface area contributed by atoms with Gasteiger partial charge in [0.1, 0.15) is 5.75 Å². The van der Waals surface area contributed by atoms with Crippen LogP contribution in [0, 0.1) is 17.8 Å². The number of piperidine rings is 3. The van der Waals surface area contributed by atoms with Gasteiger partial charge in [-0.2, -0.15) is 0 Å². The molecule has 1 aromatic carbocycles. The molecule has 2 unspecified atom stereocenters. The van der Waals surface area contributed by atoms with Crippen LogP contribution in [0.5, 0.6) is 5.75 Å². The minimum absolute atomic E-state index is 0.0273. The molecule has 0 aromatic heterocycles. The van der Waals surface area contributed by atoms with E-state index in [1.807, 2.05) is 24.3 Å². The van der Waals surface area contributed by atoms with Crippen LogP contribution in [0.2, 0.25) is 0 Å². The maximum atomic E-state index is 12.7. The maximum absolute atomic E-state index is 12.7. The van der Waals surface area contributed by atoms with Gasteiger partial charge in [0, 0.05) is 30.6 Å². The molecule has 26 heavy (non-hydrogen) atoms. The second-order valence-corrected chi connectivity index (χ2v) is 9.30. The molecule has 1 aliphatic carbocycles. The van der Waals surface area contributed by atoms with Crippen LogP contribution in [0.25, 0.3) is 0 Å². The molecule has 0 spiro atoms. The molecule has 0 radical (unpaired) electrons. The summed E-state index contributed by atoms with van der Waals surface area (Å²) in [5.41, 5.74) is 1.50. The zero-order valence-electron chi connectivity index (χ0n) is 16.5. The first-order chi connectivity index (χ1) is 12.3. The van der Waals surface area contributed by atoms with Crippen LogP contribution < -0.4 is 10.1 Å². The third-order valence-corrected chi connectivity index (χ3v) is 7.74. The molecule has 142 valence electrons. The normalized spacial score (nSPS) is 36.8. The fourth-order valence-electron chi connectivity index (χ4n) is 5.66. The van der Waals surface area contributed by atoms with Gasteiger partial charge in [0.15, 0.2) is 0 Å². The third kappa shape index (κ3) is 2.83. The van der Waals surface area contributed by atoms with Crippen molar-refractivity contribution in [3.05, 3.63) is 29.8 Å². The second-order valence-electron chi connectivity index (χ2n) is 9.30. The number of methoxy groups -OCH3 is 1. The average Bonchev–Trinajstić information content (AvgIpc) is 2.59. The largest absolute Gasteiger partial charge is 0.497 e. The van der Waals surface area contributed by atoms with E-state index in [-0.39, 0.29) is 11.4 Å². The Morgan fingerprint density at radius 2 is 1.73 bits per heavy atom. The molecule has 5 rings (SSSR count). The van der Waals surface area contributed by atoms with Gasteiger partial charge in [-0.1, -0.05) is 12.1 Å². The maximum Gasteiger partial charge on any atom is 0.220 e. The van der Waals surface area contributed by atoms with Crippen molar-refractivity contribution >= 4 is 5.91 Å². The SMILES string of the molecule is COc1ccc(CCC(=O)NC2(C)C3CC4CC2CN(C3)C4(C)C)cc1. The van der Waals surface area contributed by atoms with Crippen LogP contribution in [0.15, 0.2) is 24.3 Å². The first-order valence-electron chi connectivity index (χ1n) is 10.0. The quantitative estimate of drug-likeness (QED) is 0.880. The summed E-state index contributed by atoms with van der Waals surface area (Å²) in [5.74, 6) is 3.03. The number of amides is 1. The Kier molecular flexibility index (Phi) is 4.30. The number of carbonyl (C=O) groups excluding carboxylic acids is 1. The van der Waals surface area contributed by atoms with Gasteiger partial charge in [0.25, 0.3) is 0 Å². The number of hydrogen-bond acceptors (Lipinski definition) is 3. The van der Waals surface area contributed by atoms with Crippen molar-refractivity contribution in [1.82, 2.24) is 10.2 Å². The topological polar surface area (TPSA) is 41.6 Å². The van der Waals surface area contributed by atoms with E-state index in [9.17, 15) is 4.79 Å². The molecule has 3 heterocycles. The van der Waals surface area contributed by atoms with Crippen LogP contribution in [0.4, 0.5) is 0 Å². The van der Waals surface area contributed by atoms with E-state index in [2.05, 4.69) is 31.0 Å². The summed E-state index contributed by atoms with van der Waals surface area (Å²) >= 11 is 0. The van der Waals surface area contributed by atoms with E-state index in [1.54, 1.807) is 7.11 Å². The lowest BCUT2D eigenvalue weighted by atomic mass is 9.53. The van der Waals surface area contributed by atoms with E-state index in [4.69, 9.17) is 4.74 Å². The first kappa shape index (κ1) is 17.8. The van der Waals surface area contributed by atoms with Crippen molar-refractivity contribution in [3.63, 3.8) is 0 Å². The summed E-state index contributed by atoms with van der Waals surface area (Å²) in [7, 11) is 1.67. The Morgan fingerprint density at radius 1 is 1.12 bits per heavy atom. The minimum atomic E-state index is -0.0273. The van der Waals surface area contributed by atoms with Gasteiger partial charge >= 0.3 is 0 Å². The standard InChI is InChI=1S/C22H32N2O2/c1-21(2)16-11-17-13-24(21)14-18(12-16)22(17,3)23-20(25)10-7-15-5-8-19(26-4)9-6-15/h5-6,8-9,16-18H,7,10-14H2,1-4H3,(H,23,25). The lowest BCUT2D eigenvalue weighted by Crippen LogP contribution is -2.75. The van der Waals surface area contributed by atoms with Gasteiger partial charge in [-0.25, -0.2) is 0 Å². The molecule has 4 nitrogen and oxygen atoms in total. The van der Waals surface area contributed by atoms with Gasteiger partial charge in [-0.05, 0) is 75.5 Å². The Bertz CT molecular complexity index is 648. The molecule has 4 fully saturated rings. The summed E-state index contributed by atoms with van der Waals surface area (Å²) in [4.78, 5) is 15.4. The van der Waals surface area contributed by atoms with Crippen molar-refractivity contribution in [2.24, 2.45) is 17.8 Å². The Hall–Kier alpha value is -1.55. The molecule has 4 heteroatoms. The Labute approximate surface area is 157 Å². The molecule has 4 aliphatic rings. The Morgan fingerprint density at radius 3 is 2.27 bits per heavy atom. The number of rotatable bonds is 5. The predicted molar refractivity (Wildman–Crippen MR) is 103 cm³/mol. The number of nitrogens with zero attached hydrogens (tertiary/aromatic N) is 1. The highest BCUT2D eigenvalue weighted by atomic mass is 16.5. The number of carbonyl (C=O) groups is 1. The van der Waals surface area contributed by atoms with E-state index in [0.29, 0.717) is 23.8 Å². The summed E-state index contributed by atoms with van der Waals surface area (Å²) in [6.45, 7) is 9.38. The van der Waals surface area contributed by atoms with Crippen LogP contribution >= 0.6 is 0 Å². The minimum Gasteiger partial charge on any atom is -0.497 e. The van der Waals surface area contributed by atoms with Gasteiger partial charge in [0.05, 0.1) is 7.11 Å². The number of aryl methyl sites for hydroxylation is 1. The molecule has 3 aliphatic heterocycles. The number of ether oxygens (including phenoxy) is 1. The molecule has 1 N–H and O–H groups in total. The summed E-state index contributed by atoms with van der Waals surface area (Å²) in [6, 6.07) is 8.02. The first-order valence-corrected chi connectivity index (χ1v) is 10.0. The van der Waals surface area contributed by atoms with Crippen LogP contribution in [-0.4, -0.2) is 42.1 Å². The molecule has 1 amide bonds. The van der Waals surface area contributed by atoms with Crippen molar-refractivity contribution in [1.29, 1.82) is 0 Å². The predicted octanol–water partition coefficient (Wildman–Crippen LogP) is 3.25. The van der Waals surface area contributed by atoms with Gasteiger partial charge in [-0.15, -0.1) is 0 Å². The number of hydrogen-bond donors (Lipinski definition) is 1. The zero-order chi connectivity index (χ0) is 18.5. The Balaban J connectivity index is 1.37. The fourth-order valence-corrected chi connectivity index (χ4v) is 5.66. The highest BCUT2D eigenvalue weighted by molar-refractivity contribution is 5.77. The fraction of sp³-hybridized carbons (Fsp3) is 0.682. The molecule has 1 saturated carbocycles. The molecule has 1 aromatic rings.